The highest BCUT2D eigenvalue weighted by atomic mass is 16.3. The molecule has 0 saturated carbocycles. The van der Waals surface area contributed by atoms with Crippen LogP contribution in [0.25, 0.3) is 11.5 Å². The number of H-pyrrole nitrogens is 1. The Bertz CT molecular complexity index is 351. The molecule has 0 aromatic carbocycles. The van der Waals surface area contributed by atoms with Gasteiger partial charge in [-0.3, -0.25) is 0 Å². The van der Waals surface area contributed by atoms with Gasteiger partial charge in [0, 0.05) is 6.20 Å². The molecule has 0 amide bonds. The molecular formula is C10H11NO. The van der Waals surface area contributed by atoms with Crippen LogP contribution in [-0.2, 0) is 0 Å². The normalized spacial score (nSPS) is 10.5. The third kappa shape index (κ3) is 1.05. The van der Waals surface area contributed by atoms with Gasteiger partial charge in [-0.15, -0.1) is 0 Å². The van der Waals surface area contributed by atoms with Crippen molar-refractivity contribution >= 4 is 0 Å². The van der Waals surface area contributed by atoms with Gasteiger partial charge in [0.25, 0.3) is 0 Å². The lowest BCUT2D eigenvalue weighted by atomic mass is 10.2. The first-order valence-corrected chi connectivity index (χ1v) is 3.98. The molecule has 0 bridgehead atoms. The molecule has 0 aliphatic rings. The standard InChI is InChI=1S/C10H11NO/c1-7-6-10(12-8(7)2)9-4-3-5-11-9/h3-6,11H,1-2H3. The fourth-order valence-corrected chi connectivity index (χ4v) is 1.19. The Morgan fingerprint density at radius 1 is 1.33 bits per heavy atom. The average molecular weight is 161 g/mol. The molecule has 2 heterocycles. The Morgan fingerprint density at radius 3 is 2.67 bits per heavy atom. The number of aryl methyl sites for hydroxylation is 2. The zero-order valence-corrected chi connectivity index (χ0v) is 7.22. The van der Waals surface area contributed by atoms with E-state index in [9.17, 15) is 0 Å². The molecule has 0 saturated heterocycles. The van der Waals surface area contributed by atoms with Crippen LogP contribution < -0.4 is 0 Å². The van der Waals surface area contributed by atoms with Crippen molar-refractivity contribution in [1.82, 2.24) is 4.98 Å². The third-order valence-corrected chi connectivity index (χ3v) is 2.03. The zero-order chi connectivity index (χ0) is 8.55. The molecule has 1 N–H and O–H groups in total. The predicted octanol–water partition coefficient (Wildman–Crippen LogP) is 2.89. The molecule has 2 aromatic heterocycles. The van der Waals surface area contributed by atoms with Gasteiger partial charge in [0.1, 0.15) is 5.76 Å². The minimum absolute atomic E-state index is 0.912. The van der Waals surface area contributed by atoms with Crippen molar-refractivity contribution < 1.29 is 4.42 Å². The highest BCUT2D eigenvalue weighted by Gasteiger charge is 2.05. The van der Waals surface area contributed by atoms with Gasteiger partial charge >= 0.3 is 0 Å². The van der Waals surface area contributed by atoms with Gasteiger partial charge in [-0.05, 0) is 37.6 Å². The van der Waals surface area contributed by atoms with Crippen LogP contribution in [0.1, 0.15) is 11.3 Å². The van der Waals surface area contributed by atoms with E-state index in [1.54, 1.807) is 0 Å². The van der Waals surface area contributed by atoms with Crippen LogP contribution >= 0.6 is 0 Å². The molecule has 12 heavy (non-hydrogen) atoms. The van der Waals surface area contributed by atoms with Gasteiger partial charge < -0.3 is 9.40 Å². The van der Waals surface area contributed by atoms with Crippen molar-refractivity contribution in [2.24, 2.45) is 0 Å². The lowest BCUT2D eigenvalue weighted by Gasteiger charge is -1.88. The number of hydrogen-bond donors (Lipinski definition) is 1. The first-order chi connectivity index (χ1) is 5.77. The Kier molecular flexibility index (Phi) is 1.54. The lowest BCUT2D eigenvalue weighted by Crippen LogP contribution is -1.68. The fourth-order valence-electron chi connectivity index (χ4n) is 1.19. The van der Waals surface area contributed by atoms with Gasteiger partial charge in [-0.25, -0.2) is 0 Å². The molecule has 0 unspecified atom stereocenters. The van der Waals surface area contributed by atoms with Gasteiger partial charge in [-0.1, -0.05) is 0 Å². The largest absolute Gasteiger partial charge is 0.460 e. The minimum Gasteiger partial charge on any atom is -0.460 e. The highest BCUT2D eigenvalue weighted by Crippen LogP contribution is 2.22. The number of hydrogen-bond acceptors (Lipinski definition) is 1. The Balaban J connectivity index is 2.48. The summed E-state index contributed by atoms with van der Waals surface area (Å²) in [6.45, 7) is 4.02. The van der Waals surface area contributed by atoms with E-state index in [0.29, 0.717) is 0 Å². The predicted molar refractivity (Wildman–Crippen MR) is 48.0 cm³/mol. The van der Waals surface area contributed by atoms with E-state index in [4.69, 9.17) is 4.42 Å². The van der Waals surface area contributed by atoms with Crippen molar-refractivity contribution in [3.63, 3.8) is 0 Å². The van der Waals surface area contributed by atoms with Gasteiger partial charge in [0.15, 0.2) is 5.76 Å². The Labute approximate surface area is 71.2 Å². The van der Waals surface area contributed by atoms with E-state index >= 15 is 0 Å². The van der Waals surface area contributed by atoms with Crippen molar-refractivity contribution in [3.8, 4) is 11.5 Å². The first-order valence-electron chi connectivity index (χ1n) is 3.98. The molecule has 2 nitrogen and oxygen atoms in total. The molecule has 0 atom stereocenters. The molecule has 0 spiro atoms. The lowest BCUT2D eigenvalue weighted by molar-refractivity contribution is 0.544. The molecule has 2 heteroatoms. The summed E-state index contributed by atoms with van der Waals surface area (Å²) < 4.78 is 5.53. The second kappa shape index (κ2) is 2.55. The summed E-state index contributed by atoms with van der Waals surface area (Å²) in [5.74, 6) is 1.90. The van der Waals surface area contributed by atoms with Crippen molar-refractivity contribution in [3.05, 3.63) is 35.7 Å². The van der Waals surface area contributed by atoms with Gasteiger partial charge in [0.2, 0.25) is 0 Å². The van der Waals surface area contributed by atoms with E-state index in [-0.39, 0.29) is 0 Å². The van der Waals surface area contributed by atoms with E-state index in [2.05, 4.69) is 4.98 Å². The number of aromatic nitrogens is 1. The quantitative estimate of drug-likeness (QED) is 0.684. The van der Waals surface area contributed by atoms with Crippen LogP contribution in [0.3, 0.4) is 0 Å². The fraction of sp³-hybridized carbons (Fsp3) is 0.200. The van der Waals surface area contributed by atoms with E-state index in [0.717, 1.165) is 17.2 Å². The smallest absolute Gasteiger partial charge is 0.150 e. The second-order valence-corrected chi connectivity index (χ2v) is 2.93. The van der Waals surface area contributed by atoms with Crippen molar-refractivity contribution in [2.75, 3.05) is 0 Å². The summed E-state index contributed by atoms with van der Waals surface area (Å²) >= 11 is 0. The van der Waals surface area contributed by atoms with Crippen molar-refractivity contribution in [2.45, 2.75) is 13.8 Å². The zero-order valence-electron chi connectivity index (χ0n) is 7.22. The highest BCUT2D eigenvalue weighted by molar-refractivity contribution is 5.53. The number of rotatable bonds is 1. The minimum atomic E-state index is 0.912. The van der Waals surface area contributed by atoms with Gasteiger partial charge in [0.05, 0.1) is 5.69 Å². The van der Waals surface area contributed by atoms with E-state index in [1.165, 1.54) is 5.56 Å². The Morgan fingerprint density at radius 2 is 2.17 bits per heavy atom. The number of nitrogens with one attached hydrogen (secondary N) is 1. The summed E-state index contributed by atoms with van der Waals surface area (Å²) in [4.78, 5) is 3.10. The maximum atomic E-state index is 5.53. The first kappa shape index (κ1) is 7.22. The van der Waals surface area contributed by atoms with Crippen LogP contribution in [-0.4, -0.2) is 4.98 Å². The molecule has 0 radical (unpaired) electrons. The molecule has 2 aromatic rings. The van der Waals surface area contributed by atoms with Crippen LogP contribution in [0.2, 0.25) is 0 Å². The molecule has 0 aliphatic heterocycles. The summed E-state index contributed by atoms with van der Waals surface area (Å²) in [5, 5.41) is 0. The van der Waals surface area contributed by atoms with Crippen molar-refractivity contribution in [1.29, 1.82) is 0 Å². The summed E-state index contributed by atoms with van der Waals surface area (Å²) in [7, 11) is 0. The summed E-state index contributed by atoms with van der Waals surface area (Å²) in [6.07, 6.45) is 1.89. The molecule has 2 rings (SSSR count). The van der Waals surface area contributed by atoms with Crippen LogP contribution in [0.5, 0.6) is 0 Å². The molecule has 0 aliphatic carbocycles. The maximum absolute atomic E-state index is 5.53. The topological polar surface area (TPSA) is 28.9 Å². The third-order valence-electron chi connectivity index (χ3n) is 2.03. The summed E-state index contributed by atoms with van der Waals surface area (Å²) in [5.41, 5.74) is 2.23. The summed E-state index contributed by atoms with van der Waals surface area (Å²) in [6, 6.07) is 6.00. The van der Waals surface area contributed by atoms with Crippen LogP contribution in [0, 0.1) is 13.8 Å². The van der Waals surface area contributed by atoms with Crippen LogP contribution in [0.4, 0.5) is 0 Å². The van der Waals surface area contributed by atoms with Crippen LogP contribution in [0.15, 0.2) is 28.8 Å². The SMILES string of the molecule is Cc1cc(-c2ccc[nH]2)oc1C. The number of furan rings is 1. The van der Waals surface area contributed by atoms with E-state index in [1.807, 2.05) is 38.2 Å². The molecular weight excluding hydrogens is 150 g/mol. The molecule has 0 fully saturated rings. The molecule has 62 valence electrons. The average Bonchev–Trinajstić information content (AvgIpc) is 2.61. The van der Waals surface area contributed by atoms with Gasteiger partial charge in [-0.2, -0.15) is 0 Å². The van der Waals surface area contributed by atoms with E-state index < -0.39 is 0 Å². The Hall–Kier alpha value is -1.44. The monoisotopic (exact) mass is 161 g/mol. The number of aromatic amines is 1. The second-order valence-electron chi connectivity index (χ2n) is 2.93. The maximum Gasteiger partial charge on any atom is 0.150 e.